The Bertz CT molecular complexity index is 516. The summed E-state index contributed by atoms with van der Waals surface area (Å²) in [7, 11) is 0. The van der Waals surface area contributed by atoms with Crippen molar-refractivity contribution in [3.8, 4) is 0 Å². The van der Waals surface area contributed by atoms with E-state index in [1.54, 1.807) is 6.07 Å². The van der Waals surface area contributed by atoms with Gasteiger partial charge in [0.25, 0.3) is 0 Å². The highest BCUT2D eigenvalue weighted by molar-refractivity contribution is 6.03. The van der Waals surface area contributed by atoms with Crippen LogP contribution in [-0.4, -0.2) is 12.6 Å². The minimum absolute atomic E-state index is 0.0923. The van der Waals surface area contributed by atoms with Gasteiger partial charge in [-0.15, -0.1) is 0 Å². The maximum absolute atomic E-state index is 11.6. The van der Waals surface area contributed by atoms with E-state index < -0.39 is 5.97 Å². The number of benzene rings is 1. The van der Waals surface area contributed by atoms with E-state index in [-0.39, 0.29) is 5.76 Å². The van der Waals surface area contributed by atoms with E-state index in [0.29, 0.717) is 17.9 Å². The fourth-order valence-electron chi connectivity index (χ4n) is 1.48. The van der Waals surface area contributed by atoms with Crippen molar-refractivity contribution in [2.45, 2.75) is 13.3 Å². The first-order chi connectivity index (χ1) is 7.74. The van der Waals surface area contributed by atoms with Gasteiger partial charge in [0.15, 0.2) is 0 Å². The number of furan rings is 1. The third-order valence-corrected chi connectivity index (χ3v) is 2.26. The van der Waals surface area contributed by atoms with Crippen LogP contribution in [0, 0.1) is 0 Å². The molecule has 2 aromatic rings. The van der Waals surface area contributed by atoms with Gasteiger partial charge in [-0.1, -0.05) is 19.1 Å². The molecule has 0 atom stereocenters. The summed E-state index contributed by atoms with van der Waals surface area (Å²) in [4.78, 5) is 11.6. The molecule has 0 amide bonds. The number of rotatable bonds is 3. The van der Waals surface area contributed by atoms with Gasteiger partial charge in [-0.2, -0.15) is 0 Å². The van der Waals surface area contributed by atoms with E-state index in [2.05, 4.69) is 0 Å². The highest BCUT2D eigenvalue weighted by atomic mass is 16.5. The third-order valence-electron chi connectivity index (χ3n) is 2.26. The SMILES string of the molecule is CCCOC(=O)c1oc2ccccc2c1N. The molecule has 1 heterocycles. The number of nitrogen functional groups attached to an aromatic ring is 1. The summed E-state index contributed by atoms with van der Waals surface area (Å²) >= 11 is 0. The van der Waals surface area contributed by atoms with Crippen LogP contribution in [0.3, 0.4) is 0 Å². The largest absolute Gasteiger partial charge is 0.460 e. The number of carbonyl (C=O) groups excluding carboxylic acids is 1. The molecule has 84 valence electrons. The molecule has 4 heteroatoms. The molecule has 0 saturated heterocycles. The molecule has 0 fully saturated rings. The fourth-order valence-corrected chi connectivity index (χ4v) is 1.48. The second-order valence-corrected chi connectivity index (χ2v) is 3.48. The van der Waals surface area contributed by atoms with Crippen molar-refractivity contribution < 1.29 is 13.9 Å². The summed E-state index contributed by atoms with van der Waals surface area (Å²) in [6.07, 6.45) is 0.770. The molecule has 0 aliphatic heterocycles. The van der Waals surface area contributed by atoms with Gasteiger partial charge >= 0.3 is 5.97 Å². The van der Waals surface area contributed by atoms with Crippen LogP contribution in [0.2, 0.25) is 0 Å². The minimum atomic E-state index is -0.504. The van der Waals surface area contributed by atoms with E-state index in [0.717, 1.165) is 11.8 Å². The third kappa shape index (κ3) is 1.74. The number of carbonyl (C=O) groups is 1. The number of nitrogens with two attached hydrogens (primary N) is 1. The zero-order valence-corrected chi connectivity index (χ0v) is 9.03. The quantitative estimate of drug-likeness (QED) is 0.806. The van der Waals surface area contributed by atoms with Crippen molar-refractivity contribution >= 4 is 22.6 Å². The fraction of sp³-hybridized carbons (Fsp3) is 0.250. The summed E-state index contributed by atoms with van der Waals surface area (Å²) in [6.45, 7) is 2.30. The molecular formula is C12H13NO3. The predicted molar refractivity (Wildman–Crippen MR) is 61.2 cm³/mol. The van der Waals surface area contributed by atoms with Crippen molar-refractivity contribution in [1.82, 2.24) is 0 Å². The Labute approximate surface area is 93.0 Å². The first-order valence-electron chi connectivity index (χ1n) is 5.18. The molecule has 0 spiro atoms. The van der Waals surface area contributed by atoms with Crippen LogP contribution in [0.1, 0.15) is 23.9 Å². The number of para-hydroxylation sites is 1. The van der Waals surface area contributed by atoms with Gasteiger partial charge in [-0.3, -0.25) is 0 Å². The Morgan fingerprint density at radius 3 is 2.88 bits per heavy atom. The summed E-state index contributed by atoms with van der Waals surface area (Å²) < 4.78 is 10.3. The number of hydrogen-bond acceptors (Lipinski definition) is 4. The Morgan fingerprint density at radius 2 is 2.19 bits per heavy atom. The number of hydrogen-bond donors (Lipinski definition) is 1. The van der Waals surface area contributed by atoms with E-state index in [1.165, 1.54) is 0 Å². The van der Waals surface area contributed by atoms with E-state index >= 15 is 0 Å². The number of ether oxygens (including phenoxy) is 1. The van der Waals surface area contributed by atoms with Gasteiger partial charge in [0.2, 0.25) is 5.76 Å². The van der Waals surface area contributed by atoms with Crippen molar-refractivity contribution in [2.75, 3.05) is 12.3 Å². The molecule has 0 radical (unpaired) electrons. The highest BCUT2D eigenvalue weighted by Crippen LogP contribution is 2.28. The molecule has 0 unspecified atom stereocenters. The van der Waals surface area contributed by atoms with Gasteiger partial charge in [0.1, 0.15) is 5.58 Å². The van der Waals surface area contributed by atoms with Crippen LogP contribution >= 0.6 is 0 Å². The lowest BCUT2D eigenvalue weighted by molar-refractivity contribution is 0.0473. The summed E-state index contributed by atoms with van der Waals surface area (Å²) in [5, 5.41) is 0.742. The van der Waals surface area contributed by atoms with Crippen molar-refractivity contribution in [3.63, 3.8) is 0 Å². The first-order valence-corrected chi connectivity index (χ1v) is 5.18. The molecule has 2 N–H and O–H groups in total. The maximum atomic E-state index is 11.6. The van der Waals surface area contributed by atoms with Gasteiger partial charge in [0, 0.05) is 5.39 Å². The molecular weight excluding hydrogens is 206 g/mol. The van der Waals surface area contributed by atoms with Crippen LogP contribution in [0.4, 0.5) is 5.69 Å². The van der Waals surface area contributed by atoms with Crippen LogP contribution in [0.25, 0.3) is 11.0 Å². The lowest BCUT2D eigenvalue weighted by Gasteiger charge is -1.99. The topological polar surface area (TPSA) is 65.5 Å². The molecule has 0 aliphatic rings. The molecule has 0 aliphatic carbocycles. The second kappa shape index (κ2) is 4.26. The van der Waals surface area contributed by atoms with Crippen molar-refractivity contribution in [2.24, 2.45) is 0 Å². The van der Waals surface area contributed by atoms with Crippen LogP contribution in [-0.2, 0) is 4.74 Å². The zero-order valence-electron chi connectivity index (χ0n) is 9.03. The smallest absolute Gasteiger partial charge is 0.376 e. The van der Waals surface area contributed by atoms with Crippen LogP contribution in [0.5, 0.6) is 0 Å². The Morgan fingerprint density at radius 1 is 1.44 bits per heavy atom. The molecule has 1 aromatic carbocycles. The average molecular weight is 219 g/mol. The molecule has 0 bridgehead atoms. The van der Waals surface area contributed by atoms with Gasteiger partial charge in [-0.05, 0) is 18.6 Å². The van der Waals surface area contributed by atoms with Crippen LogP contribution < -0.4 is 5.73 Å². The van der Waals surface area contributed by atoms with E-state index in [9.17, 15) is 4.79 Å². The first kappa shape index (κ1) is 10.5. The molecule has 16 heavy (non-hydrogen) atoms. The van der Waals surface area contributed by atoms with Gasteiger partial charge in [0.05, 0.1) is 12.3 Å². The summed E-state index contributed by atoms with van der Waals surface area (Å²) in [5.41, 5.74) is 6.76. The zero-order chi connectivity index (χ0) is 11.5. The molecule has 2 rings (SSSR count). The predicted octanol–water partition coefficient (Wildman–Crippen LogP) is 2.58. The van der Waals surface area contributed by atoms with E-state index in [4.69, 9.17) is 14.9 Å². The monoisotopic (exact) mass is 219 g/mol. The Kier molecular flexibility index (Phi) is 2.81. The standard InChI is InChI=1S/C12H13NO3/c1-2-7-15-12(14)11-10(13)8-5-3-4-6-9(8)16-11/h3-6H,2,7,13H2,1H3. The van der Waals surface area contributed by atoms with Crippen molar-refractivity contribution in [3.05, 3.63) is 30.0 Å². The highest BCUT2D eigenvalue weighted by Gasteiger charge is 2.19. The van der Waals surface area contributed by atoms with Gasteiger partial charge < -0.3 is 14.9 Å². The number of anilines is 1. The van der Waals surface area contributed by atoms with Crippen molar-refractivity contribution in [1.29, 1.82) is 0 Å². The van der Waals surface area contributed by atoms with Crippen LogP contribution in [0.15, 0.2) is 28.7 Å². The molecule has 0 saturated carbocycles. The minimum Gasteiger partial charge on any atom is -0.460 e. The number of fused-ring (bicyclic) bond motifs is 1. The maximum Gasteiger partial charge on any atom is 0.376 e. The lowest BCUT2D eigenvalue weighted by atomic mass is 10.2. The van der Waals surface area contributed by atoms with Gasteiger partial charge in [-0.25, -0.2) is 4.79 Å². The molecule has 1 aromatic heterocycles. The summed E-state index contributed by atoms with van der Waals surface area (Å²) in [5.74, 6) is -0.412. The van der Waals surface area contributed by atoms with E-state index in [1.807, 2.05) is 25.1 Å². The Hall–Kier alpha value is -1.97. The normalized spacial score (nSPS) is 10.6. The lowest BCUT2D eigenvalue weighted by Crippen LogP contribution is -2.06. The second-order valence-electron chi connectivity index (χ2n) is 3.48. The summed E-state index contributed by atoms with van der Waals surface area (Å²) in [6, 6.07) is 7.24. The Balaban J connectivity index is 2.37. The average Bonchev–Trinajstić information content (AvgIpc) is 2.64. The molecule has 4 nitrogen and oxygen atoms in total. The number of esters is 1.